The van der Waals surface area contributed by atoms with Crippen LogP contribution in [0.15, 0.2) is 18.2 Å². The molecule has 0 N–H and O–H groups in total. The Hall–Kier alpha value is -1.19. The van der Waals surface area contributed by atoms with Gasteiger partial charge in [0.05, 0.1) is 0 Å². The molecule has 0 saturated heterocycles. The van der Waals surface area contributed by atoms with Gasteiger partial charge in [-0.3, -0.25) is 0 Å². The van der Waals surface area contributed by atoms with Crippen molar-refractivity contribution in [2.45, 2.75) is 57.0 Å². The van der Waals surface area contributed by atoms with E-state index in [2.05, 4.69) is 36.3 Å². The van der Waals surface area contributed by atoms with Crippen LogP contribution in [-0.2, 0) is 20.6 Å². The molecule has 2 saturated carbocycles. The van der Waals surface area contributed by atoms with Crippen LogP contribution in [0.1, 0.15) is 56.1 Å². The molecular formula is C25H34O4S. The fraction of sp³-hybridized carbons (Fsp3) is 0.680. The molecule has 0 spiro atoms. The van der Waals surface area contributed by atoms with Crippen molar-refractivity contribution in [1.82, 2.24) is 0 Å². The Bertz CT molecular complexity index is 815. The molecule has 4 rings (SSSR count). The highest BCUT2D eigenvalue weighted by Crippen LogP contribution is 2.65. The molecule has 0 aromatic heterocycles. The molecule has 0 amide bonds. The summed E-state index contributed by atoms with van der Waals surface area (Å²) in [5, 5.41) is 3.27. The second-order valence-electron chi connectivity index (χ2n) is 9.13. The van der Waals surface area contributed by atoms with Gasteiger partial charge in [0.15, 0.2) is 6.79 Å². The van der Waals surface area contributed by atoms with Gasteiger partial charge in [-0.15, -0.1) is 0 Å². The van der Waals surface area contributed by atoms with Crippen molar-refractivity contribution in [3.63, 3.8) is 0 Å². The summed E-state index contributed by atoms with van der Waals surface area (Å²) in [6, 6.07) is 6.64. The third kappa shape index (κ3) is 3.66. The van der Waals surface area contributed by atoms with Crippen molar-refractivity contribution in [3.8, 4) is 16.9 Å². The van der Waals surface area contributed by atoms with Crippen LogP contribution in [0.3, 0.4) is 0 Å². The molecule has 0 radical (unpaired) electrons. The summed E-state index contributed by atoms with van der Waals surface area (Å²) in [5.41, 5.74) is 2.67. The highest BCUT2D eigenvalue weighted by molar-refractivity contribution is 8.03. The highest BCUT2D eigenvalue weighted by Gasteiger charge is 2.62. The minimum atomic E-state index is -0.389. The molecule has 0 aliphatic heterocycles. The van der Waals surface area contributed by atoms with E-state index in [0.29, 0.717) is 31.3 Å². The van der Waals surface area contributed by atoms with Gasteiger partial charge in [-0.1, -0.05) is 30.7 Å². The van der Waals surface area contributed by atoms with Crippen LogP contribution in [0.4, 0.5) is 0 Å². The lowest BCUT2D eigenvalue weighted by Crippen LogP contribution is -2.51. The Morgan fingerprint density at radius 1 is 1.10 bits per heavy atom. The Labute approximate surface area is 185 Å². The predicted molar refractivity (Wildman–Crippen MR) is 121 cm³/mol. The van der Waals surface area contributed by atoms with Gasteiger partial charge in [-0.05, 0) is 91.0 Å². The number of thioether (sulfide) groups is 1. The van der Waals surface area contributed by atoms with E-state index < -0.39 is 0 Å². The predicted octanol–water partition coefficient (Wildman–Crippen LogP) is 5.21. The Morgan fingerprint density at radius 3 is 2.70 bits per heavy atom. The van der Waals surface area contributed by atoms with Gasteiger partial charge in [0, 0.05) is 19.6 Å². The van der Waals surface area contributed by atoms with Crippen LogP contribution >= 0.6 is 11.8 Å². The molecule has 1 aromatic rings. The van der Waals surface area contributed by atoms with Gasteiger partial charge in [0.25, 0.3) is 0 Å². The first kappa shape index (κ1) is 22.0. The van der Waals surface area contributed by atoms with E-state index in [4.69, 9.17) is 18.9 Å². The molecule has 0 bridgehead atoms. The number of fused-ring (bicyclic) bond motifs is 5. The number of hydrogen-bond donors (Lipinski definition) is 0. The number of hydrogen-bond acceptors (Lipinski definition) is 5. The van der Waals surface area contributed by atoms with Crippen LogP contribution in [0.25, 0.3) is 0 Å². The minimum Gasteiger partial charge on any atom is -0.468 e. The first-order valence-corrected chi connectivity index (χ1v) is 12.2. The van der Waals surface area contributed by atoms with Crippen molar-refractivity contribution >= 4 is 11.8 Å². The fourth-order valence-corrected chi connectivity index (χ4v) is 6.81. The second-order valence-corrected chi connectivity index (χ2v) is 9.74. The van der Waals surface area contributed by atoms with E-state index in [1.807, 2.05) is 6.26 Å². The highest BCUT2D eigenvalue weighted by atomic mass is 32.2. The van der Waals surface area contributed by atoms with Gasteiger partial charge in [0.2, 0.25) is 0 Å². The van der Waals surface area contributed by atoms with E-state index in [1.165, 1.54) is 30.4 Å². The zero-order chi connectivity index (χ0) is 21.2. The molecule has 5 heteroatoms. The van der Waals surface area contributed by atoms with E-state index in [0.717, 1.165) is 25.0 Å². The van der Waals surface area contributed by atoms with Crippen LogP contribution in [0, 0.1) is 28.4 Å². The third-order valence-electron chi connectivity index (χ3n) is 7.94. The summed E-state index contributed by atoms with van der Waals surface area (Å²) >= 11 is 1.58. The van der Waals surface area contributed by atoms with Crippen molar-refractivity contribution in [1.29, 1.82) is 0 Å². The summed E-state index contributed by atoms with van der Waals surface area (Å²) in [7, 11) is 3.35. The van der Waals surface area contributed by atoms with Crippen LogP contribution in [0.5, 0.6) is 5.75 Å². The summed E-state index contributed by atoms with van der Waals surface area (Å²) in [6.45, 7) is 3.04. The molecule has 3 aliphatic carbocycles. The van der Waals surface area contributed by atoms with Gasteiger partial charge in [0.1, 0.15) is 18.1 Å². The first-order valence-electron chi connectivity index (χ1n) is 11.0. The lowest BCUT2D eigenvalue weighted by molar-refractivity contribution is -0.162. The summed E-state index contributed by atoms with van der Waals surface area (Å²) in [4.78, 5) is 0. The number of aryl methyl sites for hydroxylation is 1. The Balaban J connectivity index is 1.60. The Morgan fingerprint density at radius 2 is 1.93 bits per heavy atom. The van der Waals surface area contributed by atoms with Crippen molar-refractivity contribution in [3.05, 3.63) is 29.3 Å². The lowest BCUT2D eigenvalue weighted by Gasteiger charge is -2.53. The maximum atomic E-state index is 6.38. The van der Waals surface area contributed by atoms with Crippen LogP contribution in [0.2, 0.25) is 0 Å². The molecule has 1 aromatic carbocycles. The molecule has 30 heavy (non-hydrogen) atoms. The quantitative estimate of drug-likeness (QED) is 0.457. The smallest absolute Gasteiger partial charge is 0.188 e. The van der Waals surface area contributed by atoms with Gasteiger partial charge in [-0.25, -0.2) is 0 Å². The minimum absolute atomic E-state index is 0.0778. The standard InChI is InChI=1S/C25H34O4S/c1-24-11-9-21-20-8-6-19(28-16-26-2)15-18(20)5-7-22(21)23(24)10-12-25(24,13-14-30-4)29-17-27-3/h6,8,15,21-23H,5,7,9-12,16-17H2,1-4H3/t21?,22?,23?,24-,25+/m0/s1. The normalized spacial score (nSPS) is 34.3. The molecular weight excluding hydrogens is 396 g/mol. The molecule has 4 nitrogen and oxygen atoms in total. The second kappa shape index (κ2) is 9.12. The topological polar surface area (TPSA) is 36.9 Å². The number of rotatable bonds is 6. The van der Waals surface area contributed by atoms with Crippen LogP contribution < -0.4 is 4.74 Å². The largest absolute Gasteiger partial charge is 0.468 e. The molecule has 5 atom stereocenters. The van der Waals surface area contributed by atoms with Gasteiger partial charge < -0.3 is 18.9 Å². The van der Waals surface area contributed by atoms with Gasteiger partial charge in [-0.2, -0.15) is 0 Å². The van der Waals surface area contributed by atoms with E-state index in [1.54, 1.807) is 26.0 Å². The van der Waals surface area contributed by atoms with Crippen molar-refractivity contribution in [2.75, 3.05) is 34.1 Å². The Kier molecular flexibility index (Phi) is 6.70. The average molecular weight is 431 g/mol. The van der Waals surface area contributed by atoms with E-state index in [-0.39, 0.29) is 11.0 Å². The van der Waals surface area contributed by atoms with Gasteiger partial charge >= 0.3 is 0 Å². The third-order valence-corrected chi connectivity index (χ3v) is 8.25. The number of methoxy groups -OCH3 is 2. The number of ether oxygens (including phenoxy) is 4. The van der Waals surface area contributed by atoms with E-state index >= 15 is 0 Å². The maximum absolute atomic E-state index is 6.38. The molecule has 2 fully saturated rings. The molecule has 164 valence electrons. The molecule has 0 heterocycles. The SMILES string of the molecule is COCOc1ccc2c(c1)CCC1C2CC[C@@]2(C)C1CC[C@]2(C#CSC)OCOC. The molecule has 3 aliphatic rings. The van der Waals surface area contributed by atoms with Crippen molar-refractivity contribution in [2.24, 2.45) is 17.3 Å². The van der Waals surface area contributed by atoms with E-state index in [9.17, 15) is 0 Å². The van der Waals surface area contributed by atoms with Crippen LogP contribution in [-0.4, -0.2) is 39.7 Å². The fourth-order valence-electron chi connectivity index (χ4n) is 6.55. The molecule has 3 unspecified atom stereocenters. The number of benzene rings is 1. The zero-order valence-corrected chi connectivity index (χ0v) is 19.5. The monoisotopic (exact) mass is 430 g/mol. The summed E-state index contributed by atoms with van der Waals surface area (Å²) in [6.07, 6.45) is 8.93. The average Bonchev–Trinajstić information content (AvgIpc) is 3.06. The summed E-state index contributed by atoms with van der Waals surface area (Å²) < 4.78 is 22.4. The first-order chi connectivity index (χ1) is 14.6. The zero-order valence-electron chi connectivity index (χ0n) is 18.7. The summed E-state index contributed by atoms with van der Waals surface area (Å²) in [5.74, 6) is 6.43. The lowest BCUT2D eigenvalue weighted by atomic mass is 9.53. The van der Waals surface area contributed by atoms with Crippen molar-refractivity contribution < 1.29 is 18.9 Å². The maximum Gasteiger partial charge on any atom is 0.188 e.